The molecule has 0 aromatic rings. The Morgan fingerprint density at radius 2 is 0.647 bits per heavy atom. The monoisotopic (exact) mass is 257 g/mol. The predicted molar refractivity (Wildman–Crippen MR) is 67.4 cm³/mol. The van der Waals surface area contributed by atoms with Crippen LogP contribution in [0.25, 0.3) is 0 Å². The van der Waals surface area contributed by atoms with Crippen molar-refractivity contribution in [2.75, 3.05) is 0 Å². The Labute approximate surface area is 103 Å². The van der Waals surface area contributed by atoms with Gasteiger partial charge in [-0.2, -0.15) is 0 Å². The Kier molecular flexibility index (Phi) is 41.7. The van der Waals surface area contributed by atoms with E-state index in [0.29, 0.717) is 0 Å². The minimum Gasteiger partial charge on any atom is -0.450 e. The van der Waals surface area contributed by atoms with Gasteiger partial charge in [0.05, 0.1) is 0 Å². The summed E-state index contributed by atoms with van der Waals surface area (Å²) in [6, 6.07) is 0. The average Bonchev–Trinajstić information content (AvgIpc) is 1.76. The molecule has 0 amide bonds. The quantitative estimate of drug-likeness (QED) is 0.441. The first-order chi connectivity index (χ1) is 6.93. The van der Waals surface area contributed by atoms with Gasteiger partial charge >= 0.3 is 12.3 Å². The maximum atomic E-state index is 8.56. The van der Waals surface area contributed by atoms with Gasteiger partial charge in [-0.1, -0.05) is 41.5 Å². The van der Waals surface area contributed by atoms with Crippen LogP contribution >= 0.6 is 0 Å². The highest BCUT2D eigenvalue weighted by atomic mass is 16.6. The molecular weight excluding hydrogens is 230 g/mol. The van der Waals surface area contributed by atoms with E-state index in [1.165, 1.54) is 0 Å². The van der Waals surface area contributed by atoms with Gasteiger partial charge in [0.1, 0.15) is 0 Å². The van der Waals surface area contributed by atoms with Crippen molar-refractivity contribution in [2.45, 2.75) is 41.5 Å². The van der Waals surface area contributed by atoms with Gasteiger partial charge in [0, 0.05) is 0 Å². The third-order valence-corrected chi connectivity index (χ3v) is 0. The van der Waals surface area contributed by atoms with Crippen LogP contribution < -0.4 is 6.15 Å². The zero-order chi connectivity index (χ0) is 14.3. The van der Waals surface area contributed by atoms with Gasteiger partial charge in [0.2, 0.25) is 0 Å². The van der Waals surface area contributed by atoms with Crippen molar-refractivity contribution >= 4 is 12.3 Å². The van der Waals surface area contributed by atoms with E-state index in [4.69, 9.17) is 30.0 Å². The molecule has 0 aromatic heterocycles. The van der Waals surface area contributed by atoms with Crippen LogP contribution in [0.3, 0.4) is 0 Å². The summed E-state index contributed by atoms with van der Waals surface area (Å²) < 4.78 is 0. The van der Waals surface area contributed by atoms with Crippen molar-refractivity contribution in [3.8, 4) is 0 Å². The fourth-order valence-corrected chi connectivity index (χ4v) is 0. The summed E-state index contributed by atoms with van der Waals surface area (Å²) in [6.07, 6.45) is -3.67. The number of carboxylic acid groups (broad SMARTS) is 4. The summed E-state index contributed by atoms with van der Waals surface area (Å²) in [5.41, 5.74) is 0. The van der Waals surface area contributed by atoms with E-state index in [1.54, 1.807) is 0 Å². The van der Waals surface area contributed by atoms with Gasteiger partial charge in [0.25, 0.3) is 0 Å². The van der Waals surface area contributed by atoms with Gasteiger partial charge < -0.3 is 26.6 Å². The Hall–Kier alpha value is -1.50. The van der Waals surface area contributed by atoms with Gasteiger partial charge in [0.15, 0.2) is 0 Å². The molecule has 7 nitrogen and oxygen atoms in total. The fourth-order valence-electron chi connectivity index (χ4n) is 0. The lowest BCUT2D eigenvalue weighted by Crippen LogP contribution is -1.81. The summed E-state index contributed by atoms with van der Waals surface area (Å²) in [5, 5.41) is 27.9. The SMILES string of the molecule is CC(C)C.CC(C)C.N.O=C(O)O.O=C(O)O. The third kappa shape index (κ3) is 1010. The summed E-state index contributed by atoms with van der Waals surface area (Å²) in [7, 11) is 0. The first-order valence-corrected chi connectivity index (χ1v) is 4.77. The second kappa shape index (κ2) is 24.0. The van der Waals surface area contributed by atoms with E-state index >= 15 is 0 Å². The van der Waals surface area contributed by atoms with Gasteiger partial charge in [-0.25, -0.2) is 9.59 Å². The maximum Gasteiger partial charge on any atom is 0.503 e. The maximum absolute atomic E-state index is 8.56. The van der Waals surface area contributed by atoms with Crippen LogP contribution in [0.5, 0.6) is 0 Å². The summed E-state index contributed by atoms with van der Waals surface area (Å²) in [5.74, 6) is 1.67. The molecule has 0 rings (SSSR count). The van der Waals surface area contributed by atoms with E-state index in [9.17, 15) is 0 Å². The molecule has 0 aliphatic rings. The molecule has 0 aliphatic heterocycles. The second-order valence-electron chi connectivity index (χ2n) is 4.03. The minimum absolute atomic E-state index is 0. The molecule has 0 radical (unpaired) electrons. The highest BCUT2D eigenvalue weighted by molar-refractivity contribution is 5.53. The average molecular weight is 257 g/mol. The molecule has 7 N–H and O–H groups in total. The largest absolute Gasteiger partial charge is 0.503 e. The molecule has 7 heteroatoms. The lowest BCUT2D eigenvalue weighted by atomic mass is 10.3. The van der Waals surface area contributed by atoms with Crippen LogP contribution in [0.1, 0.15) is 41.5 Å². The highest BCUT2D eigenvalue weighted by Crippen LogP contribution is 1.81. The smallest absolute Gasteiger partial charge is 0.450 e. The highest BCUT2D eigenvalue weighted by Gasteiger charge is 1.70. The predicted octanol–water partition coefficient (Wildman–Crippen LogP) is 3.93. The molecule has 0 aliphatic carbocycles. The molecule has 0 bridgehead atoms. The first-order valence-electron chi connectivity index (χ1n) is 4.77. The van der Waals surface area contributed by atoms with Crippen LogP contribution in [-0.2, 0) is 0 Å². The van der Waals surface area contributed by atoms with Crippen LogP contribution in [0.15, 0.2) is 0 Å². The van der Waals surface area contributed by atoms with E-state index in [2.05, 4.69) is 41.5 Å². The second-order valence-corrected chi connectivity index (χ2v) is 4.03. The van der Waals surface area contributed by atoms with Crippen LogP contribution in [0, 0.1) is 11.8 Å². The number of hydrogen-bond acceptors (Lipinski definition) is 3. The summed E-state index contributed by atoms with van der Waals surface area (Å²) in [6.45, 7) is 13.0. The molecule has 0 spiro atoms. The molecule has 0 unspecified atom stereocenters. The van der Waals surface area contributed by atoms with Crippen molar-refractivity contribution < 1.29 is 30.0 Å². The third-order valence-electron chi connectivity index (χ3n) is 0. The molecular formula is C10H27NO6. The lowest BCUT2D eigenvalue weighted by Gasteiger charge is -1.79. The Bertz CT molecular complexity index is 127. The molecule has 0 saturated heterocycles. The van der Waals surface area contributed by atoms with E-state index < -0.39 is 12.3 Å². The van der Waals surface area contributed by atoms with Gasteiger partial charge in [-0.3, -0.25) is 0 Å². The number of rotatable bonds is 0. The van der Waals surface area contributed by atoms with Crippen LogP contribution in [-0.4, -0.2) is 32.7 Å². The zero-order valence-electron chi connectivity index (χ0n) is 11.5. The van der Waals surface area contributed by atoms with Crippen molar-refractivity contribution in [3.05, 3.63) is 0 Å². The molecule has 0 aromatic carbocycles. The molecule has 17 heavy (non-hydrogen) atoms. The van der Waals surface area contributed by atoms with E-state index in [-0.39, 0.29) is 6.15 Å². The van der Waals surface area contributed by atoms with Gasteiger partial charge in [-0.05, 0) is 11.8 Å². The van der Waals surface area contributed by atoms with Crippen molar-refractivity contribution in [2.24, 2.45) is 11.8 Å². The van der Waals surface area contributed by atoms with Crippen LogP contribution in [0.4, 0.5) is 9.59 Å². The van der Waals surface area contributed by atoms with Gasteiger partial charge in [-0.15, -0.1) is 0 Å². The Morgan fingerprint density at radius 3 is 0.647 bits per heavy atom. The number of carbonyl (C=O) groups is 2. The first kappa shape index (κ1) is 29.6. The van der Waals surface area contributed by atoms with Crippen molar-refractivity contribution in [1.29, 1.82) is 0 Å². The molecule has 0 heterocycles. The van der Waals surface area contributed by atoms with Crippen LogP contribution in [0.2, 0.25) is 0 Å². The molecule has 0 atom stereocenters. The Morgan fingerprint density at radius 1 is 0.647 bits per heavy atom. The lowest BCUT2D eigenvalue weighted by molar-refractivity contribution is 0.135. The molecule has 108 valence electrons. The molecule has 0 fully saturated rings. The van der Waals surface area contributed by atoms with Crippen molar-refractivity contribution in [1.82, 2.24) is 6.15 Å². The topological polar surface area (TPSA) is 150 Å². The number of hydrogen-bond donors (Lipinski definition) is 5. The molecule has 0 saturated carbocycles. The fraction of sp³-hybridized carbons (Fsp3) is 0.800. The van der Waals surface area contributed by atoms with E-state index in [0.717, 1.165) is 11.8 Å². The Balaban J connectivity index is -0.0000000369. The minimum atomic E-state index is -1.83. The summed E-state index contributed by atoms with van der Waals surface area (Å²) in [4.78, 5) is 17.1. The van der Waals surface area contributed by atoms with Crippen molar-refractivity contribution in [3.63, 3.8) is 0 Å². The normalized spacial score (nSPS) is 7.06. The standard InChI is InChI=1S/2C4H10.2CH2O3.H3N/c2*1-4(2)3;2*2-1(3)4;/h2*4H,1-3H3;2*(H2,2,3,4);1H3. The zero-order valence-corrected chi connectivity index (χ0v) is 11.5. The van der Waals surface area contributed by atoms with E-state index in [1.807, 2.05) is 0 Å². The summed E-state index contributed by atoms with van der Waals surface area (Å²) >= 11 is 0.